The van der Waals surface area contributed by atoms with Crippen molar-refractivity contribution in [1.29, 1.82) is 0 Å². The molecule has 0 heterocycles. The van der Waals surface area contributed by atoms with Gasteiger partial charge in [-0.05, 0) is 28.1 Å². The fraction of sp³-hybridized carbons (Fsp3) is 0.0588. The summed E-state index contributed by atoms with van der Waals surface area (Å²) in [6, 6.07) is 15.0. The second-order valence-electron chi connectivity index (χ2n) is 4.90. The Morgan fingerprint density at radius 2 is 1.64 bits per heavy atom. The molecule has 0 atom stereocenters. The Balaban J connectivity index is 0.00000176. The first-order valence-corrected chi connectivity index (χ1v) is 7.98. The molecular weight excluding hydrogens is 309 g/mol. The molecule has 3 rings (SSSR count). The molecule has 3 aromatic carbocycles. The van der Waals surface area contributed by atoms with Gasteiger partial charge in [-0.3, -0.25) is 4.55 Å². The average Bonchev–Trinajstić information content (AvgIpc) is 2.45. The van der Waals surface area contributed by atoms with E-state index in [-0.39, 0.29) is 27.9 Å². The van der Waals surface area contributed by atoms with E-state index in [0.29, 0.717) is 17.4 Å². The summed E-state index contributed by atoms with van der Waals surface area (Å²) < 4.78 is 33.2. The Hall–Kier alpha value is -1.40. The minimum Gasteiger partial charge on any atom is -0.282 e. The third-order valence-corrected chi connectivity index (χ3v) is 4.58. The van der Waals surface area contributed by atoms with Crippen LogP contribution < -0.4 is 0 Å². The third kappa shape index (κ3) is 2.90. The van der Waals surface area contributed by atoms with E-state index in [9.17, 15) is 13.0 Å². The molecular formula is C17H16MgO3S. The normalized spacial score (nSPS) is 11.3. The summed E-state index contributed by atoms with van der Waals surface area (Å²) in [5, 5.41) is 3.34. The molecule has 0 aliphatic carbocycles. The number of allylic oxidation sites excluding steroid dienone is 1. The van der Waals surface area contributed by atoms with Crippen molar-refractivity contribution in [3.63, 3.8) is 0 Å². The predicted molar refractivity (Wildman–Crippen MR) is 93.7 cm³/mol. The maximum atomic E-state index is 11.8. The van der Waals surface area contributed by atoms with Crippen molar-refractivity contribution in [2.75, 3.05) is 0 Å². The van der Waals surface area contributed by atoms with Gasteiger partial charge in [0.25, 0.3) is 10.1 Å². The fourth-order valence-corrected chi connectivity index (χ4v) is 3.67. The van der Waals surface area contributed by atoms with Gasteiger partial charge in [0.2, 0.25) is 0 Å². The van der Waals surface area contributed by atoms with E-state index in [1.165, 1.54) is 0 Å². The molecule has 0 aliphatic rings. The lowest BCUT2D eigenvalue weighted by molar-refractivity contribution is 0.483. The summed E-state index contributed by atoms with van der Waals surface area (Å²) in [6.07, 6.45) is 2.01. The van der Waals surface area contributed by atoms with Gasteiger partial charge in [-0.25, -0.2) is 0 Å². The second-order valence-corrected chi connectivity index (χ2v) is 6.26. The molecule has 0 fully saturated rings. The smallest absolute Gasteiger partial charge is 0.282 e. The average molecular weight is 325 g/mol. The van der Waals surface area contributed by atoms with Crippen LogP contribution in [0.5, 0.6) is 0 Å². The van der Waals surface area contributed by atoms with Gasteiger partial charge < -0.3 is 0 Å². The van der Waals surface area contributed by atoms with Gasteiger partial charge in [0.1, 0.15) is 4.90 Å². The number of benzene rings is 3. The van der Waals surface area contributed by atoms with E-state index in [1.54, 1.807) is 18.2 Å². The highest BCUT2D eigenvalue weighted by molar-refractivity contribution is 7.86. The number of fused-ring (bicyclic) bond motifs is 3. The standard InChI is InChI=1S/C17H14O3S.Mg.2H/c1-2-5-13-9-10-15-14-7-4-3-6-12(14)8-11-16(15)17(13)21(18,19)20;;;/h2-4,6-11H,1,5H2,(H,18,19,20);;;. The van der Waals surface area contributed by atoms with Crippen molar-refractivity contribution >= 4 is 54.7 Å². The molecule has 22 heavy (non-hydrogen) atoms. The maximum Gasteiger partial charge on any atom is 0.316 e. The molecule has 0 amide bonds. The summed E-state index contributed by atoms with van der Waals surface area (Å²) in [4.78, 5) is -0.0225. The van der Waals surface area contributed by atoms with Crippen LogP contribution in [0, 0.1) is 0 Å². The van der Waals surface area contributed by atoms with Crippen LogP contribution in [0.15, 0.2) is 66.1 Å². The first kappa shape index (κ1) is 17.0. The quantitative estimate of drug-likeness (QED) is 0.349. The van der Waals surface area contributed by atoms with Crippen molar-refractivity contribution in [1.82, 2.24) is 0 Å². The van der Waals surface area contributed by atoms with Crippen LogP contribution in [0.25, 0.3) is 21.5 Å². The van der Waals surface area contributed by atoms with E-state index in [0.717, 1.165) is 16.2 Å². The Morgan fingerprint density at radius 1 is 0.955 bits per heavy atom. The molecule has 0 spiro atoms. The molecule has 110 valence electrons. The zero-order valence-electron chi connectivity index (χ0n) is 11.3. The SMILES string of the molecule is C=CCc1ccc2c(ccc3ccccc32)c1S(=O)(=O)O.[MgH2]. The molecule has 3 aromatic rings. The van der Waals surface area contributed by atoms with E-state index < -0.39 is 10.1 Å². The Kier molecular flexibility index (Phi) is 4.92. The third-order valence-electron chi connectivity index (χ3n) is 3.58. The molecule has 0 aromatic heterocycles. The Bertz CT molecular complexity index is 962. The van der Waals surface area contributed by atoms with Crippen LogP contribution in [-0.4, -0.2) is 36.0 Å². The monoisotopic (exact) mass is 324 g/mol. The highest BCUT2D eigenvalue weighted by Crippen LogP contribution is 2.32. The first-order chi connectivity index (χ1) is 10.0. The van der Waals surface area contributed by atoms with Gasteiger partial charge >= 0.3 is 23.1 Å². The minimum atomic E-state index is -4.30. The van der Waals surface area contributed by atoms with E-state index in [2.05, 4.69) is 6.58 Å². The van der Waals surface area contributed by atoms with Crippen LogP contribution in [0.2, 0.25) is 0 Å². The molecule has 0 saturated carbocycles. The van der Waals surface area contributed by atoms with Gasteiger partial charge in [-0.2, -0.15) is 8.42 Å². The van der Waals surface area contributed by atoms with Crippen LogP contribution in [-0.2, 0) is 16.5 Å². The van der Waals surface area contributed by atoms with Crippen molar-refractivity contribution < 1.29 is 13.0 Å². The molecule has 5 heteroatoms. The highest BCUT2D eigenvalue weighted by atomic mass is 32.2. The topological polar surface area (TPSA) is 54.4 Å². The van der Waals surface area contributed by atoms with Crippen LogP contribution >= 0.6 is 0 Å². The maximum absolute atomic E-state index is 11.8. The van der Waals surface area contributed by atoms with Crippen molar-refractivity contribution in [2.24, 2.45) is 0 Å². The molecule has 0 bridgehead atoms. The Morgan fingerprint density at radius 3 is 2.32 bits per heavy atom. The predicted octanol–water partition coefficient (Wildman–Crippen LogP) is 3.05. The number of rotatable bonds is 3. The summed E-state index contributed by atoms with van der Waals surface area (Å²) in [6.45, 7) is 3.63. The molecule has 0 unspecified atom stereocenters. The molecule has 0 aliphatic heterocycles. The van der Waals surface area contributed by atoms with Crippen LogP contribution in [0.1, 0.15) is 5.56 Å². The summed E-state index contributed by atoms with van der Waals surface area (Å²) in [7, 11) is -4.30. The van der Waals surface area contributed by atoms with E-state index in [1.807, 2.05) is 36.4 Å². The second kappa shape index (κ2) is 6.38. The molecule has 3 nitrogen and oxygen atoms in total. The largest absolute Gasteiger partial charge is 0.316 e. The van der Waals surface area contributed by atoms with E-state index in [4.69, 9.17) is 0 Å². The summed E-state index contributed by atoms with van der Waals surface area (Å²) >= 11 is 0. The van der Waals surface area contributed by atoms with Gasteiger partial charge in [-0.15, -0.1) is 6.58 Å². The lowest BCUT2D eigenvalue weighted by atomic mass is 9.99. The van der Waals surface area contributed by atoms with Crippen molar-refractivity contribution in [3.8, 4) is 0 Å². The lowest BCUT2D eigenvalue weighted by Gasteiger charge is -2.11. The van der Waals surface area contributed by atoms with Crippen molar-refractivity contribution in [3.05, 3.63) is 66.7 Å². The fourth-order valence-electron chi connectivity index (χ4n) is 2.73. The highest BCUT2D eigenvalue weighted by Gasteiger charge is 2.19. The van der Waals surface area contributed by atoms with E-state index >= 15 is 0 Å². The summed E-state index contributed by atoms with van der Waals surface area (Å²) in [5.41, 5.74) is 0.551. The lowest BCUT2D eigenvalue weighted by Crippen LogP contribution is -2.04. The zero-order valence-corrected chi connectivity index (χ0v) is 12.1. The van der Waals surface area contributed by atoms with Crippen LogP contribution in [0.4, 0.5) is 0 Å². The zero-order chi connectivity index (χ0) is 15.0. The number of hydrogen-bond acceptors (Lipinski definition) is 2. The van der Waals surface area contributed by atoms with Crippen LogP contribution in [0.3, 0.4) is 0 Å². The number of hydrogen-bond donors (Lipinski definition) is 1. The molecule has 0 radical (unpaired) electrons. The Labute approximate surface area is 145 Å². The summed E-state index contributed by atoms with van der Waals surface area (Å²) in [5.74, 6) is 0. The van der Waals surface area contributed by atoms with Gasteiger partial charge in [0, 0.05) is 5.39 Å². The molecule has 0 saturated heterocycles. The van der Waals surface area contributed by atoms with Gasteiger partial charge in [0.05, 0.1) is 0 Å². The molecule has 1 N–H and O–H groups in total. The first-order valence-electron chi connectivity index (χ1n) is 6.54. The van der Waals surface area contributed by atoms with Gasteiger partial charge in [0.15, 0.2) is 0 Å². The van der Waals surface area contributed by atoms with Gasteiger partial charge in [-0.1, -0.05) is 54.6 Å². The van der Waals surface area contributed by atoms with Crippen molar-refractivity contribution in [2.45, 2.75) is 11.3 Å². The minimum absolute atomic E-state index is 0.